The SMILES string of the molecule is CCNC(=NCC(c1ccco1)N1CCCC1)NCCNC(C)(C)C.I. The molecular weight excluding hydrogens is 441 g/mol. The van der Waals surface area contributed by atoms with Crippen LogP contribution in [0, 0.1) is 0 Å². The van der Waals surface area contributed by atoms with Crippen LogP contribution < -0.4 is 16.0 Å². The lowest BCUT2D eigenvalue weighted by Crippen LogP contribution is -2.44. The largest absolute Gasteiger partial charge is 0.468 e. The fourth-order valence-corrected chi connectivity index (χ4v) is 3.06. The van der Waals surface area contributed by atoms with E-state index in [0.717, 1.165) is 44.4 Å². The van der Waals surface area contributed by atoms with Crippen molar-refractivity contribution >= 4 is 29.9 Å². The molecule has 1 aliphatic rings. The van der Waals surface area contributed by atoms with E-state index < -0.39 is 0 Å². The van der Waals surface area contributed by atoms with Crippen LogP contribution in [0.3, 0.4) is 0 Å². The van der Waals surface area contributed by atoms with Gasteiger partial charge in [-0.05, 0) is 65.8 Å². The van der Waals surface area contributed by atoms with Crippen LogP contribution in [0.1, 0.15) is 52.3 Å². The molecule has 1 fully saturated rings. The Morgan fingerprint density at radius 2 is 1.96 bits per heavy atom. The third kappa shape index (κ3) is 8.26. The summed E-state index contributed by atoms with van der Waals surface area (Å²) >= 11 is 0. The third-order valence-electron chi connectivity index (χ3n) is 4.29. The fraction of sp³-hybridized carbons (Fsp3) is 0.737. The van der Waals surface area contributed by atoms with Gasteiger partial charge in [-0.25, -0.2) is 0 Å². The Labute approximate surface area is 175 Å². The average Bonchev–Trinajstić information content (AvgIpc) is 3.24. The highest BCUT2D eigenvalue weighted by atomic mass is 127. The quantitative estimate of drug-likeness (QED) is 0.233. The minimum absolute atomic E-state index is 0. The van der Waals surface area contributed by atoms with Crippen molar-refractivity contribution < 1.29 is 4.42 Å². The number of hydrogen-bond donors (Lipinski definition) is 3. The monoisotopic (exact) mass is 477 g/mol. The van der Waals surface area contributed by atoms with Crippen LogP contribution in [0.25, 0.3) is 0 Å². The fourth-order valence-electron chi connectivity index (χ4n) is 3.06. The van der Waals surface area contributed by atoms with Crippen molar-refractivity contribution in [3.05, 3.63) is 24.2 Å². The number of guanidine groups is 1. The van der Waals surface area contributed by atoms with Crippen LogP contribution in [0.5, 0.6) is 0 Å². The van der Waals surface area contributed by atoms with Crippen molar-refractivity contribution in [3.8, 4) is 0 Å². The lowest BCUT2D eigenvalue weighted by molar-refractivity contribution is 0.221. The Kier molecular flexibility index (Phi) is 10.6. The summed E-state index contributed by atoms with van der Waals surface area (Å²) in [5, 5.41) is 10.2. The number of aliphatic imine (C=N–C) groups is 1. The van der Waals surface area contributed by atoms with Gasteiger partial charge in [-0.2, -0.15) is 0 Å². The second-order valence-corrected chi connectivity index (χ2v) is 7.60. The van der Waals surface area contributed by atoms with E-state index in [2.05, 4.69) is 54.6 Å². The van der Waals surface area contributed by atoms with Crippen LogP contribution in [-0.4, -0.2) is 55.7 Å². The Bertz CT molecular complexity index is 506. The van der Waals surface area contributed by atoms with Crippen molar-refractivity contribution in [1.29, 1.82) is 0 Å². The number of rotatable bonds is 8. The van der Waals surface area contributed by atoms with Gasteiger partial charge in [-0.1, -0.05) is 0 Å². The minimum Gasteiger partial charge on any atom is -0.468 e. The van der Waals surface area contributed by atoms with E-state index in [0.29, 0.717) is 6.54 Å². The molecule has 1 atom stereocenters. The first-order valence-electron chi connectivity index (χ1n) is 9.54. The van der Waals surface area contributed by atoms with E-state index in [1.165, 1.54) is 12.8 Å². The molecule has 1 saturated heterocycles. The second-order valence-electron chi connectivity index (χ2n) is 7.60. The minimum atomic E-state index is 0. The molecule has 0 radical (unpaired) electrons. The Hall–Kier alpha value is -0.800. The van der Waals surface area contributed by atoms with E-state index in [4.69, 9.17) is 9.41 Å². The molecule has 0 saturated carbocycles. The molecule has 2 rings (SSSR count). The number of hydrogen-bond acceptors (Lipinski definition) is 4. The smallest absolute Gasteiger partial charge is 0.191 e. The molecule has 1 aliphatic heterocycles. The number of nitrogens with zero attached hydrogens (tertiary/aromatic N) is 2. The van der Waals surface area contributed by atoms with Crippen LogP contribution in [0.15, 0.2) is 27.8 Å². The maximum atomic E-state index is 5.67. The highest BCUT2D eigenvalue weighted by Crippen LogP contribution is 2.25. The number of furan rings is 1. The Morgan fingerprint density at radius 3 is 2.54 bits per heavy atom. The van der Waals surface area contributed by atoms with E-state index in [1.807, 2.05) is 6.07 Å². The van der Waals surface area contributed by atoms with Gasteiger partial charge in [0.15, 0.2) is 5.96 Å². The Balaban J connectivity index is 0.00000338. The normalized spacial score (nSPS) is 17.0. The van der Waals surface area contributed by atoms with Gasteiger partial charge in [0.05, 0.1) is 18.8 Å². The second kappa shape index (κ2) is 11.8. The summed E-state index contributed by atoms with van der Waals surface area (Å²) in [6.45, 7) is 14.2. The van der Waals surface area contributed by atoms with Crippen molar-refractivity contribution in [2.75, 3.05) is 39.3 Å². The molecule has 0 aliphatic carbocycles. The molecule has 2 heterocycles. The molecule has 1 aromatic rings. The summed E-state index contributed by atoms with van der Waals surface area (Å²) in [6.07, 6.45) is 4.28. The van der Waals surface area contributed by atoms with E-state index in [9.17, 15) is 0 Å². The molecule has 1 unspecified atom stereocenters. The Morgan fingerprint density at radius 1 is 1.23 bits per heavy atom. The zero-order valence-electron chi connectivity index (χ0n) is 16.7. The van der Waals surface area contributed by atoms with E-state index in [1.54, 1.807) is 6.26 Å². The van der Waals surface area contributed by atoms with Gasteiger partial charge < -0.3 is 20.4 Å². The van der Waals surface area contributed by atoms with E-state index >= 15 is 0 Å². The van der Waals surface area contributed by atoms with Gasteiger partial charge >= 0.3 is 0 Å². The molecule has 7 heteroatoms. The van der Waals surface area contributed by atoms with E-state index in [-0.39, 0.29) is 35.6 Å². The summed E-state index contributed by atoms with van der Waals surface area (Å²) in [4.78, 5) is 7.29. The maximum absolute atomic E-state index is 5.67. The van der Waals surface area contributed by atoms with Crippen LogP contribution >= 0.6 is 24.0 Å². The molecule has 0 spiro atoms. The maximum Gasteiger partial charge on any atom is 0.191 e. The lowest BCUT2D eigenvalue weighted by Gasteiger charge is -2.25. The summed E-state index contributed by atoms with van der Waals surface area (Å²) in [5.41, 5.74) is 0.136. The van der Waals surface area contributed by atoms with Gasteiger partial charge in [-0.15, -0.1) is 24.0 Å². The van der Waals surface area contributed by atoms with Gasteiger partial charge in [0.1, 0.15) is 5.76 Å². The molecule has 26 heavy (non-hydrogen) atoms. The third-order valence-corrected chi connectivity index (χ3v) is 4.29. The van der Waals surface area contributed by atoms with Crippen LogP contribution in [0.4, 0.5) is 0 Å². The van der Waals surface area contributed by atoms with Crippen molar-refractivity contribution in [2.45, 2.75) is 52.1 Å². The molecule has 3 N–H and O–H groups in total. The topological polar surface area (TPSA) is 64.8 Å². The predicted octanol–water partition coefficient (Wildman–Crippen LogP) is 2.98. The molecule has 1 aromatic heterocycles. The summed E-state index contributed by atoms with van der Waals surface area (Å²) in [6, 6.07) is 4.25. The summed E-state index contributed by atoms with van der Waals surface area (Å²) < 4.78 is 5.67. The molecular formula is C19H36IN5O. The van der Waals surface area contributed by atoms with Crippen LogP contribution in [0.2, 0.25) is 0 Å². The lowest BCUT2D eigenvalue weighted by atomic mass is 10.1. The first-order valence-corrected chi connectivity index (χ1v) is 9.54. The van der Waals surface area contributed by atoms with Crippen molar-refractivity contribution in [3.63, 3.8) is 0 Å². The summed E-state index contributed by atoms with van der Waals surface area (Å²) in [5.74, 6) is 1.88. The standard InChI is InChI=1S/C19H35N5O.HI/c1-5-20-18(21-10-11-23-19(2,3)4)22-15-16(17-9-8-14-25-17)24-12-6-7-13-24;/h8-9,14,16,23H,5-7,10-13,15H2,1-4H3,(H2,20,21,22);1H. The first kappa shape index (κ1) is 23.2. The molecule has 6 nitrogen and oxygen atoms in total. The van der Waals surface area contributed by atoms with Gasteiger partial charge in [0, 0.05) is 25.2 Å². The zero-order valence-corrected chi connectivity index (χ0v) is 19.0. The summed E-state index contributed by atoms with van der Waals surface area (Å²) in [7, 11) is 0. The number of likely N-dealkylation sites (tertiary alicyclic amines) is 1. The van der Waals surface area contributed by atoms with Gasteiger partial charge in [0.2, 0.25) is 0 Å². The van der Waals surface area contributed by atoms with Gasteiger partial charge in [-0.3, -0.25) is 9.89 Å². The number of halogens is 1. The highest BCUT2D eigenvalue weighted by molar-refractivity contribution is 14.0. The molecule has 0 bridgehead atoms. The van der Waals surface area contributed by atoms with Crippen molar-refractivity contribution in [1.82, 2.24) is 20.9 Å². The van der Waals surface area contributed by atoms with Crippen molar-refractivity contribution in [2.24, 2.45) is 4.99 Å². The molecule has 150 valence electrons. The number of nitrogens with one attached hydrogen (secondary N) is 3. The highest BCUT2D eigenvalue weighted by Gasteiger charge is 2.25. The van der Waals surface area contributed by atoms with Crippen LogP contribution in [-0.2, 0) is 0 Å². The average molecular weight is 477 g/mol. The predicted molar refractivity (Wildman–Crippen MR) is 119 cm³/mol. The molecule has 0 aromatic carbocycles. The molecule has 0 amide bonds. The van der Waals surface area contributed by atoms with Gasteiger partial charge in [0.25, 0.3) is 0 Å². The first-order chi connectivity index (χ1) is 12.0. The zero-order chi connectivity index (χ0) is 18.1.